The highest BCUT2D eigenvalue weighted by Gasteiger charge is 2.29. The van der Waals surface area contributed by atoms with Crippen LogP contribution in [0.5, 0.6) is 0 Å². The molecule has 2 N–H and O–H groups in total. The largest absolute Gasteiger partial charge is 0.393 e. The van der Waals surface area contributed by atoms with Gasteiger partial charge in [0.1, 0.15) is 12.3 Å². The summed E-state index contributed by atoms with van der Waals surface area (Å²) in [6, 6.07) is 1.25. The topological polar surface area (TPSA) is 84.3 Å². The van der Waals surface area contributed by atoms with Gasteiger partial charge in [0.05, 0.1) is 6.61 Å². The molecular weight excluding hydrogens is 212 g/mol. The van der Waals surface area contributed by atoms with E-state index in [9.17, 15) is 9.59 Å². The monoisotopic (exact) mass is 224 g/mol. The number of ether oxygens (including phenoxy) is 1. The van der Waals surface area contributed by atoms with Gasteiger partial charge in [-0.1, -0.05) is 6.58 Å². The number of H-pyrrole nitrogens is 1. The highest BCUT2D eigenvalue weighted by Crippen LogP contribution is 2.30. The Kier molecular flexibility index (Phi) is 2.76. The van der Waals surface area contributed by atoms with Crippen LogP contribution in [0.4, 0.5) is 0 Å². The zero-order chi connectivity index (χ0) is 11.7. The summed E-state index contributed by atoms with van der Waals surface area (Å²) in [4.78, 5) is 24.5. The first-order valence-corrected chi connectivity index (χ1v) is 4.87. The van der Waals surface area contributed by atoms with Crippen LogP contribution in [-0.4, -0.2) is 27.4 Å². The number of hydrogen-bond donors (Lipinski definition) is 2. The van der Waals surface area contributed by atoms with Crippen LogP contribution in [0.2, 0.25) is 0 Å². The molecule has 2 heterocycles. The van der Waals surface area contributed by atoms with E-state index in [-0.39, 0.29) is 6.61 Å². The minimum atomic E-state index is -0.524. The average molecular weight is 224 g/mol. The fraction of sp³-hybridized carbons (Fsp3) is 0.400. The lowest BCUT2D eigenvalue weighted by atomic mass is 10.1. The van der Waals surface area contributed by atoms with E-state index in [4.69, 9.17) is 9.84 Å². The van der Waals surface area contributed by atoms with E-state index in [0.29, 0.717) is 6.42 Å². The van der Waals surface area contributed by atoms with Gasteiger partial charge in [0, 0.05) is 18.7 Å². The van der Waals surface area contributed by atoms with Crippen molar-refractivity contribution in [3.8, 4) is 0 Å². The predicted octanol–water partition coefficient (Wildman–Crippen LogP) is -0.627. The Morgan fingerprint density at radius 1 is 1.62 bits per heavy atom. The average Bonchev–Trinajstić information content (AvgIpc) is 2.59. The van der Waals surface area contributed by atoms with E-state index in [1.54, 1.807) is 0 Å². The summed E-state index contributed by atoms with van der Waals surface area (Å²) < 4.78 is 6.70. The van der Waals surface area contributed by atoms with Crippen LogP contribution in [0.3, 0.4) is 0 Å². The summed E-state index contributed by atoms with van der Waals surface area (Å²) in [6.07, 6.45) is 0.883. The normalized spacial score (nSPS) is 24.9. The van der Waals surface area contributed by atoms with Gasteiger partial charge in [-0.15, -0.1) is 0 Å². The van der Waals surface area contributed by atoms with Crippen LogP contribution in [0.25, 0.3) is 0 Å². The molecule has 1 aromatic rings. The molecule has 86 valence electrons. The molecule has 0 aliphatic carbocycles. The van der Waals surface area contributed by atoms with Crippen LogP contribution >= 0.6 is 0 Å². The Morgan fingerprint density at radius 2 is 2.38 bits per heavy atom. The lowest BCUT2D eigenvalue weighted by Crippen LogP contribution is -2.31. The molecule has 1 fully saturated rings. The lowest BCUT2D eigenvalue weighted by Gasteiger charge is -2.13. The molecule has 0 spiro atoms. The second kappa shape index (κ2) is 4.07. The summed E-state index contributed by atoms with van der Waals surface area (Å²) in [5.74, 6) is 0. The van der Waals surface area contributed by atoms with Crippen molar-refractivity contribution in [3.63, 3.8) is 0 Å². The van der Waals surface area contributed by atoms with Crippen LogP contribution in [-0.2, 0) is 4.74 Å². The van der Waals surface area contributed by atoms with Gasteiger partial charge in [0.2, 0.25) is 0 Å². The maximum atomic E-state index is 11.5. The molecule has 2 rings (SSSR count). The number of aliphatic hydroxyl groups excluding tert-OH is 1. The molecular formula is C10H12N2O4. The highest BCUT2D eigenvalue weighted by atomic mass is 16.5. The Hall–Kier alpha value is -1.66. The highest BCUT2D eigenvalue weighted by molar-refractivity contribution is 5.08. The maximum Gasteiger partial charge on any atom is 0.330 e. The van der Waals surface area contributed by atoms with Crippen molar-refractivity contribution in [2.45, 2.75) is 18.8 Å². The molecule has 0 radical (unpaired) electrons. The van der Waals surface area contributed by atoms with Crippen LogP contribution in [0.15, 0.2) is 34.0 Å². The van der Waals surface area contributed by atoms with E-state index < -0.39 is 23.6 Å². The SMILES string of the molecule is C=C1C[C@@H](n2ccc(=O)[nH]c2=O)O[C@H]1CO. The van der Waals surface area contributed by atoms with Crippen LogP contribution < -0.4 is 11.2 Å². The van der Waals surface area contributed by atoms with Crippen molar-refractivity contribution in [2.24, 2.45) is 0 Å². The standard InChI is InChI=1S/C10H12N2O4/c1-6-4-9(16-7(6)5-13)12-3-2-8(14)11-10(12)15/h2-3,7,9,13H,1,4-5H2,(H,11,14,15)/t7-,9-/m0/s1. The molecule has 0 aromatic carbocycles. The van der Waals surface area contributed by atoms with Crippen molar-refractivity contribution >= 4 is 0 Å². The fourth-order valence-corrected chi connectivity index (χ4v) is 1.68. The number of nitrogens with zero attached hydrogens (tertiary/aromatic N) is 1. The van der Waals surface area contributed by atoms with E-state index in [0.717, 1.165) is 5.57 Å². The van der Waals surface area contributed by atoms with Crippen LogP contribution in [0.1, 0.15) is 12.6 Å². The van der Waals surface area contributed by atoms with Gasteiger partial charge >= 0.3 is 5.69 Å². The molecule has 16 heavy (non-hydrogen) atoms. The van der Waals surface area contributed by atoms with Gasteiger partial charge in [0.15, 0.2) is 0 Å². The van der Waals surface area contributed by atoms with E-state index >= 15 is 0 Å². The van der Waals surface area contributed by atoms with Gasteiger partial charge in [-0.2, -0.15) is 0 Å². The Balaban J connectivity index is 2.30. The molecule has 1 aromatic heterocycles. The Morgan fingerprint density at radius 3 is 2.94 bits per heavy atom. The molecule has 1 aliphatic heterocycles. The van der Waals surface area contributed by atoms with Gasteiger partial charge in [-0.3, -0.25) is 14.3 Å². The quantitative estimate of drug-likeness (QED) is 0.655. The van der Waals surface area contributed by atoms with Crippen LogP contribution in [0, 0.1) is 0 Å². The summed E-state index contributed by atoms with van der Waals surface area (Å²) in [5.41, 5.74) is -0.230. The summed E-state index contributed by atoms with van der Waals surface area (Å²) in [6.45, 7) is 3.60. The summed E-state index contributed by atoms with van der Waals surface area (Å²) in [7, 11) is 0. The van der Waals surface area contributed by atoms with Crippen molar-refractivity contribution in [3.05, 3.63) is 45.3 Å². The van der Waals surface area contributed by atoms with Gasteiger partial charge in [-0.05, 0) is 5.57 Å². The number of nitrogens with one attached hydrogen (secondary N) is 1. The van der Waals surface area contributed by atoms with E-state index in [2.05, 4.69) is 11.6 Å². The zero-order valence-electron chi connectivity index (χ0n) is 8.55. The third-order valence-corrected chi connectivity index (χ3v) is 2.54. The smallest absolute Gasteiger partial charge is 0.330 e. The number of aromatic nitrogens is 2. The van der Waals surface area contributed by atoms with Crippen molar-refractivity contribution in [1.29, 1.82) is 0 Å². The predicted molar refractivity (Wildman–Crippen MR) is 56.1 cm³/mol. The van der Waals surface area contributed by atoms with Gasteiger partial charge < -0.3 is 9.84 Å². The summed E-state index contributed by atoms with van der Waals surface area (Å²) in [5, 5.41) is 8.98. The Labute approximate surface area is 90.8 Å². The second-order valence-electron chi connectivity index (χ2n) is 3.64. The minimum absolute atomic E-state index is 0.159. The first-order valence-electron chi connectivity index (χ1n) is 4.87. The summed E-state index contributed by atoms with van der Waals surface area (Å²) >= 11 is 0. The molecule has 0 bridgehead atoms. The zero-order valence-corrected chi connectivity index (χ0v) is 8.55. The first kappa shape index (κ1) is 10.8. The molecule has 2 atom stereocenters. The van der Waals surface area contributed by atoms with Crippen molar-refractivity contribution < 1.29 is 9.84 Å². The number of hydrogen-bond acceptors (Lipinski definition) is 4. The molecule has 1 aliphatic rings. The third kappa shape index (κ3) is 1.84. The molecule has 0 unspecified atom stereocenters. The Bertz CT molecular complexity index is 516. The number of aliphatic hydroxyl groups is 1. The van der Waals surface area contributed by atoms with Crippen molar-refractivity contribution in [1.82, 2.24) is 9.55 Å². The maximum absolute atomic E-state index is 11.5. The number of aromatic amines is 1. The second-order valence-corrected chi connectivity index (χ2v) is 3.64. The van der Waals surface area contributed by atoms with Gasteiger partial charge in [-0.25, -0.2) is 4.79 Å². The third-order valence-electron chi connectivity index (χ3n) is 2.54. The first-order chi connectivity index (χ1) is 7.61. The van der Waals surface area contributed by atoms with E-state index in [1.807, 2.05) is 0 Å². The fourth-order valence-electron chi connectivity index (χ4n) is 1.68. The van der Waals surface area contributed by atoms with Gasteiger partial charge in [0.25, 0.3) is 5.56 Å². The lowest BCUT2D eigenvalue weighted by molar-refractivity contribution is -0.0188. The van der Waals surface area contributed by atoms with Crippen molar-refractivity contribution in [2.75, 3.05) is 6.61 Å². The van der Waals surface area contributed by atoms with E-state index in [1.165, 1.54) is 16.8 Å². The number of rotatable bonds is 2. The molecule has 6 heteroatoms. The molecule has 0 saturated carbocycles. The molecule has 1 saturated heterocycles. The minimum Gasteiger partial charge on any atom is -0.393 e. The molecule has 6 nitrogen and oxygen atoms in total. The molecule has 0 amide bonds.